The van der Waals surface area contributed by atoms with Gasteiger partial charge < -0.3 is 15.6 Å². The van der Waals surface area contributed by atoms with Gasteiger partial charge in [0.05, 0.1) is 5.56 Å². The summed E-state index contributed by atoms with van der Waals surface area (Å²) >= 11 is 0. The summed E-state index contributed by atoms with van der Waals surface area (Å²) in [4.78, 5) is 0. The van der Waals surface area contributed by atoms with Gasteiger partial charge in [0.25, 0.3) is 0 Å². The summed E-state index contributed by atoms with van der Waals surface area (Å²) in [5, 5.41) is 9.42. The Hall–Kier alpha value is -0.950. The molecule has 0 radical (unpaired) electrons. The van der Waals surface area contributed by atoms with Gasteiger partial charge in [-0.05, 0) is 18.6 Å². The maximum atomic E-state index is 12.5. The van der Waals surface area contributed by atoms with Gasteiger partial charge in [0, 0.05) is 11.6 Å². The largest absolute Gasteiger partial charge is 0.504 e. The lowest BCUT2D eigenvalue weighted by atomic mass is 10.00. The van der Waals surface area contributed by atoms with E-state index < -0.39 is 17.5 Å². The summed E-state index contributed by atoms with van der Waals surface area (Å²) in [6.07, 6.45) is -4.21. The molecule has 7 heteroatoms. The molecular weight excluding hydrogens is 303 g/mol. The van der Waals surface area contributed by atoms with Crippen LogP contribution in [-0.4, -0.2) is 17.8 Å². The molecule has 1 aromatic carbocycles. The first-order valence-electron chi connectivity index (χ1n) is 4.69. The Labute approximate surface area is 106 Å². The molecule has 1 atom stereocenters. The topological polar surface area (TPSA) is 55.5 Å². The highest BCUT2D eigenvalue weighted by molar-refractivity contribution is 8.93. The van der Waals surface area contributed by atoms with Gasteiger partial charge in [-0.1, -0.05) is 0 Å². The molecular formula is C10H11BrF3NO2. The molecule has 0 spiro atoms. The maximum absolute atomic E-state index is 12.5. The maximum Gasteiger partial charge on any atom is 0.416 e. The minimum atomic E-state index is -4.48. The first kappa shape index (κ1) is 14.1. The van der Waals surface area contributed by atoms with Crippen LogP contribution in [0, 0.1) is 0 Å². The van der Waals surface area contributed by atoms with Crippen molar-refractivity contribution in [2.75, 3.05) is 6.61 Å². The Kier molecular flexibility index (Phi) is 3.93. The average molecular weight is 314 g/mol. The number of hydrogen-bond donors (Lipinski definition) is 2. The van der Waals surface area contributed by atoms with Crippen LogP contribution in [-0.2, 0) is 12.6 Å². The van der Waals surface area contributed by atoms with Crippen LogP contribution in [0.2, 0.25) is 0 Å². The zero-order valence-corrected chi connectivity index (χ0v) is 10.3. The monoisotopic (exact) mass is 313 g/mol. The number of hydrogen-bond acceptors (Lipinski definition) is 3. The van der Waals surface area contributed by atoms with Crippen molar-refractivity contribution in [1.82, 2.24) is 0 Å². The Morgan fingerprint density at radius 1 is 1.35 bits per heavy atom. The van der Waals surface area contributed by atoms with Gasteiger partial charge in [-0.15, -0.1) is 17.0 Å². The van der Waals surface area contributed by atoms with E-state index in [1.807, 2.05) is 0 Å². The van der Waals surface area contributed by atoms with E-state index in [4.69, 9.17) is 10.5 Å². The van der Waals surface area contributed by atoms with E-state index in [0.717, 1.165) is 6.07 Å². The lowest BCUT2D eigenvalue weighted by Crippen LogP contribution is -2.34. The summed E-state index contributed by atoms with van der Waals surface area (Å²) in [6, 6.07) is 1.29. The van der Waals surface area contributed by atoms with Gasteiger partial charge in [0.1, 0.15) is 6.61 Å². The molecule has 3 nitrogen and oxygen atoms in total. The highest BCUT2D eigenvalue weighted by Crippen LogP contribution is 2.40. The summed E-state index contributed by atoms with van der Waals surface area (Å²) in [5.41, 5.74) is 4.98. The molecule has 1 heterocycles. The third-order valence-corrected chi connectivity index (χ3v) is 2.40. The Bertz CT molecular complexity index is 423. The van der Waals surface area contributed by atoms with Crippen LogP contribution < -0.4 is 10.5 Å². The minimum Gasteiger partial charge on any atom is -0.504 e. The molecule has 3 N–H and O–H groups in total. The smallest absolute Gasteiger partial charge is 0.416 e. The van der Waals surface area contributed by atoms with Crippen LogP contribution in [0.1, 0.15) is 11.1 Å². The number of benzene rings is 1. The van der Waals surface area contributed by atoms with Crippen molar-refractivity contribution in [3.63, 3.8) is 0 Å². The van der Waals surface area contributed by atoms with Crippen molar-refractivity contribution in [2.24, 2.45) is 5.73 Å². The molecule has 0 aromatic heterocycles. The van der Waals surface area contributed by atoms with Gasteiger partial charge in [-0.3, -0.25) is 0 Å². The quantitative estimate of drug-likeness (QED) is 0.772. The van der Waals surface area contributed by atoms with Gasteiger partial charge in [-0.2, -0.15) is 13.2 Å². The number of alkyl halides is 3. The Balaban J connectivity index is 0.00000144. The molecule has 0 amide bonds. The fourth-order valence-electron chi connectivity index (χ4n) is 1.69. The molecule has 0 bridgehead atoms. The van der Waals surface area contributed by atoms with E-state index in [1.165, 1.54) is 0 Å². The van der Waals surface area contributed by atoms with E-state index >= 15 is 0 Å². The van der Waals surface area contributed by atoms with Crippen LogP contribution in [0.3, 0.4) is 0 Å². The lowest BCUT2D eigenvalue weighted by Gasteiger charge is -2.24. The van der Waals surface area contributed by atoms with Crippen molar-refractivity contribution in [3.05, 3.63) is 23.3 Å². The summed E-state index contributed by atoms with van der Waals surface area (Å²) in [6.45, 7) is 0.200. The molecule has 96 valence electrons. The molecule has 1 aliphatic heterocycles. The van der Waals surface area contributed by atoms with Gasteiger partial charge in [-0.25, -0.2) is 0 Å². The minimum absolute atomic E-state index is 0. The number of phenolic OH excluding ortho intramolecular Hbond substituents is 1. The van der Waals surface area contributed by atoms with E-state index in [1.54, 1.807) is 0 Å². The first-order valence-corrected chi connectivity index (χ1v) is 4.69. The normalized spacial score (nSPS) is 18.9. The van der Waals surface area contributed by atoms with Crippen molar-refractivity contribution in [2.45, 2.75) is 18.6 Å². The SMILES string of the molecule is Br.NC1COc2c(O)cc(C(F)(F)F)cc2C1. The van der Waals surface area contributed by atoms with Gasteiger partial charge >= 0.3 is 6.18 Å². The van der Waals surface area contributed by atoms with Gasteiger partial charge in [0.2, 0.25) is 0 Å². The predicted octanol–water partition coefficient (Wildman–Crippen LogP) is 2.25. The predicted molar refractivity (Wildman–Crippen MR) is 60.6 cm³/mol. The number of phenols is 1. The second-order valence-electron chi connectivity index (χ2n) is 3.76. The molecule has 17 heavy (non-hydrogen) atoms. The molecule has 2 rings (SSSR count). The molecule has 1 aromatic rings. The second kappa shape index (κ2) is 4.73. The number of rotatable bonds is 0. The highest BCUT2D eigenvalue weighted by Gasteiger charge is 2.33. The Morgan fingerprint density at radius 3 is 2.59 bits per heavy atom. The van der Waals surface area contributed by atoms with E-state index in [2.05, 4.69) is 0 Å². The van der Waals surface area contributed by atoms with Crippen LogP contribution in [0.4, 0.5) is 13.2 Å². The van der Waals surface area contributed by atoms with Crippen LogP contribution in [0.25, 0.3) is 0 Å². The molecule has 1 aliphatic rings. The summed E-state index contributed by atoms with van der Waals surface area (Å²) in [5.74, 6) is -0.383. The van der Waals surface area contributed by atoms with Crippen LogP contribution in [0.15, 0.2) is 12.1 Å². The van der Waals surface area contributed by atoms with Crippen molar-refractivity contribution in [1.29, 1.82) is 0 Å². The third kappa shape index (κ3) is 2.84. The summed E-state index contributed by atoms with van der Waals surface area (Å²) < 4.78 is 42.4. The zero-order valence-electron chi connectivity index (χ0n) is 8.62. The summed E-state index contributed by atoms with van der Waals surface area (Å²) in [7, 11) is 0. The number of fused-ring (bicyclic) bond motifs is 1. The lowest BCUT2D eigenvalue weighted by molar-refractivity contribution is -0.137. The molecule has 1 unspecified atom stereocenters. The standard InChI is InChI=1S/C10H10F3NO2.BrH/c11-10(12,13)6-1-5-2-7(14)4-16-9(5)8(15)3-6;/h1,3,7,15H,2,4,14H2;1H. The third-order valence-electron chi connectivity index (χ3n) is 2.40. The van der Waals surface area contributed by atoms with Crippen molar-refractivity contribution >= 4 is 17.0 Å². The first-order chi connectivity index (χ1) is 7.38. The van der Waals surface area contributed by atoms with Crippen LogP contribution in [0.5, 0.6) is 11.5 Å². The molecule has 0 fully saturated rings. The Morgan fingerprint density at radius 2 is 2.00 bits per heavy atom. The van der Waals surface area contributed by atoms with Crippen molar-refractivity contribution in [3.8, 4) is 11.5 Å². The average Bonchev–Trinajstić information content (AvgIpc) is 2.15. The fraction of sp³-hybridized carbons (Fsp3) is 0.400. The van der Waals surface area contributed by atoms with E-state index in [0.29, 0.717) is 11.6 Å². The molecule has 0 saturated carbocycles. The molecule has 0 saturated heterocycles. The van der Waals surface area contributed by atoms with Gasteiger partial charge in [0.15, 0.2) is 11.5 Å². The number of aromatic hydroxyl groups is 1. The van der Waals surface area contributed by atoms with Crippen LogP contribution >= 0.6 is 17.0 Å². The molecule has 0 aliphatic carbocycles. The van der Waals surface area contributed by atoms with Crippen molar-refractivity contribution < 1.29 is 23.0 Å². The fourth-order valence-corrected chi connectivity index (χ4v) is 1.69. The van der Waals surface area contributed by atoms with E-state index in [-0.39, 0.29) is 41.8 Å². The van der Waals surface area contributed by atoms with E-state index in [9.17, 15) is 18.3 Å². The number of nitrogens with two attached hydrogens (primary N) is 1. The number of ether oxygens (including phenoxy) is 1. The zero-order chi connectivity index (χ0) is 11.9. The highest BCUT2D eigenvalue weighted by atomic mass is 79.9. The number of halogens is 4. The second-order valence-corrected chi connectivity index (χ2v) is 3.76.